The molecule has 2 fully saturated rings. The van der Waals surface area contributed by atoms with Gasteiger partial charge in [0.15, 0.2) is 0 Å². The van der Waals surface area contributed by atoms with E-state index < -0.39 is 27.0 Å². The number of thioether (sulfide) groups is 1. The van der Waals surface area contributed by atoms with Crippen LogP contribution >= 0.6 is 57.6 Å². The number of carbonyl (C=O) groups excluding carboxylic acids is 2. The van der Waals surface area contributed by atoms with Crippen LogP contribution in [0.25, 0.3) is 0 Å². The van der Waals surface area contributed by atoms with Crippen molar-refractivity contribution in [3.8, 4) is 0 Å². The van der Waals surface area contributed by atoms with Crippen LogP contribution < -0.4 is 0 Å². The number of halogens is 3. The molecule has 2 saturated heterocycles. The molecule has 0 unspecified atom stereocenters. The van der Waals surface area contributed by atoms with E-state index in [1.54, 1.807) is 0 Å². The van der Waals surface area contributed by atoms with Crippen molar-refractivity contribution in [3.63, 3.8) is 0 Å². The number of esters is 1. The molecule has 0 aromatic carbocycles. The second-order valence-corrected chi connectivity index (χ2v) is 8.13. The number of β-lactam (4-membered cyclic amide) rings is 1. The van der Waals surface area contributed by atoms with Crippen LogP contribution in [0.2, 0.25) is 0 Å². The van der Waals surface area contributed by atoms with E-state index in [0.717, 1.165) is 0 Å². The van der Waals surface area contributed by atoms with Gasteiger partial charge in [-0.2, -0.15) is 0 Å². The molecule has 96 valence electrons. The molecule has 0 aromatic heterocycles. The lowest BCUT2D eigenvalue weighted by molar-refractivity contribution is -0.160. The minimum Gasteiger partial charge on any atom is -0.453 e. The molecule has 2 heterocycles. The van der Waals surface area contributed by atoms with Crippen molar-refractivity contribution in [2.24, 2.45) is 0 Å². The van der Waals surface area contributed by atoms with Gasteiger partial charge in [0.25, 0.3) is 5.91 Å². The summed E-state index contributed by atoms with van der Waals surface area (Å²) in [5.41, 5.74) is 0. The van der Waals surface area contributed by atoms with Crippen molar-refractivity contribution in [1.82, 2.24) is 4.90 Å². The fraction of sp³-hybridized carbons (Fsp3) is 0.778. The topological polar surface area (TPSA) is 46.6 Å². The van der Waals surface area contributed by atoms with Crippen LogP contribution in [0.5, 0.6) is 0 Å². The molecule has 4 nitrogen and oxygen atoms in total. The van der Waals surface area contributed by atoms with Gasteiger partial charge in [-0.3, -0.25) is 4.79 Å². The van der Waals surface area contributed by atoms with E-state index in [0.29, 0.717) is 0 Å². The Bertz CT molecular complexity index is 390. The van der Waals surface area contributed by atoms with Gasteiger partial charge in [0.05, 0.1) is 0 Å². The Balaban J connectivity index is 2.28. The fourth-order valence-corrected chi connectivity index (χ4v) is 4.57. The van der Waals surface area contributed by atoms with Crippen LogP contribution in [-0.4, -0.2) is 41.9 Å². The number of amides is 1. The first-order valence-corrected chi connectivity index (χ1v) is 8.00. The molecule has 1 amide bonds. The van der Waals surface area contributed by atoms with Gasteiger partial charge in [0.1, 0.15) is 16.0 Å². The third-order valence-electron chi connectivity index (χ3n) is 2.85. The molecule has 2 rings (SSSR count). The minimum atomic E-state index is -1.42. The van der Waals surface area contributed by atoms with E-state index in [4.69, 9.17) is 27.9 Å². The summed E-state index contributed by atoms with van der Waals surface area (Å²) in [7, 11) is 0. The Morgan fingerprint density at radius 2 is 2.18 bits per heavy atom. The predicted molar refractivity (Wildman–Crippen MR) is 75.5 cm³/mol. The monoisotopic (exact) mass is 409 g/mol. The van der Waals surface area contributed by atoms with Crippen molar-refractivity contribution >= 4 is 69.4 Å². The normalized spacial score (nSPS) is 33.0. The molecule has 2 aliphatic rings. The Kier molecular flexibility index (Phi) is 3.56. The summed E-state index contributed by atoms with van der Waals surface area (Å²) in [4.78, 5) is 25.1. The van der Waals surface area contributed by atoms with E-state index >= 15 is 0 Å². The van der Waals surface area contributed by atoms with Crippen molar-refractivity contribution in [3.05, 3.63) is 0 Å². The molecule has 0 saturated carbocycles. The van der Waals surface area contributed by atoms with E-state index in [1.807, 2.05) is 36.4 Å². The molecular formula is C9H10Cl2INO3S. The number of alkyl halides is 3. The van der Waals surface area contributed by atoms with Crippen LogP contribution in [0.1, 0.15) is 13.8 Å². The zero-order valence-electron chi connectivity index (χ0n) is 9.08. The molecule has 2 atom stereocenters. The van der Waals surface area contributed by atoms with Gasteiger partial charge in [0.2, 0.25) is 4.33 Å². The number of carbonyl (C=O) groups is 2. The number of hydrogen-bond acceptors (Lipinski definition) is 4. The lowest BCUT2D eigenvalue weighted by atomic mass is 9.98. The van der Waals surface area contributed by atoms with E-state index in [1.165, 1.54) is 16.7 Å². The predicted octanol–water partition coefficient (Wildman–Crippen LogP) is 2.16. The third kappa shape index (κ3) is 1.95. The summed E-state index contributed by atoms with van der Waals surface area (Å²) in [6, 6.07) is -0.620. The standard InChI is InChI=1S/C9H10Cl2INO3S/c1-8(2)4(5(14)16-3-12)13-6(15)9(10,11)7(13)17-8/h4,7H,3H2,1-2H3/t4-,7+/m0/s1. The maximum Gasteiger partial charge on any atom is 0.331 e. The number of nitrogens with zero attached hydrogens (tertiary/aromatic N) is 1. The average Bonchev–Trinajstić information content (AvgIpc) is 2.48. The Hall–Kier alpha value is 0.600. The maximum absolute atomic E-state index is 11.9. The number of fused-ring (bicyclic) bond motifs is 1. The van der Waals surface area contributed by atoms with Crippen LogP contribution in [0, 0.1) is 0 Å². The largest absolute Gasteiger partial charge is 0.453 e. The molecule has 0 spiro atoms. The van der Waals surface area contributed by atoms with Gasteiger partial charge < -0.3 is 9.64 Å². The van der Waals surface area contributed by atoms with Crippen molar-refractivity contribution < 1.29 is 14.3 Å². The van der Waals surface area contributed by atoms with Crippen LogP contribution in [0.4, 0.5) is 0 Å². The molecule has 0 radical (unpaired) electrons. The number of ether oxygens (including phenoxy) is 1. The highest BCUT2D eigenvalue weighted by molar-refractivity contribution is 14.1. The van der Waals surface area contributed by atoms with Gasteiger partial charge >= 0.3 is 5.97 Å². The highest BCUT2D eigenvalue weighted by Crippen LogP contribution is 2.58. The van der Waals surface area contributed by atoms with Gasteiger partial charge in [0, 0.05) is 4.75 Å². The van der Waals surface area contributed by atoms with Crippen LogP contribution in [0.15, 0.2) is 0 Å². The second-order valence-electron chi connectivity index (χ2n) is 4.38. The molecule has 17 heavy (non-hydrogen) atoms. The van der Waals surface area contributed by atoms with E-state index in [-0.39, 0.29) is 9.99 Å². The Labute approximate surface area is 127 Å². The van der Waals surface area contributed by atoms with Gasteiger partial charge in [-0.15, -0.1) is 11.8 Å². The molecule has 0 N–H and O–H groups in total. The fourth-order valence-electron chi connectivity index (χ4n) is 2.09. The minimum absolute atomic E-state index is 0.257. The van der Waals surface area contributed by atoms with Crippen molar-refractivity contribution in [2.75, 3.05) is 4.61 Å². The highest BCUT2D eigenvalue weighted by Gasteiger charge is 2.70. The summed E-state index contributed by atoms with van der Waals surface area (Å²) in [5, 5.41) is -0.375. The lowest BCUT2D eigenvalue weighted by Gasteiger charge is -2.45. The zero-order chi connectivity index (χ0) is 13.0. The average molecular weight is 410 g/mol. The second kappa shape index (κ2) is 4.31. The first-order chi connectivity index (χ1) is 7.73. The van der Waals surface area contributed by atoms with E-state index in [2.05, 4.69) is 0 Å². The van der Waals surface area contributed by atoms with Gasteiger partial charge in [-0.1, -0.05) is 23.2 Å². The SMILES string of the molecule is CC1(C)S[C@H]2N(C(=O)C2(Cl)Cl)[C@H]1C(=O)OCI. The Morgan fingerprint density at radius 3 is 2.71 bits per heavy atom. The van der Waals surface area contributed by atoms with Crippen LogP contribution in [0.3, 0.4) is 0 Å². The molecular weight excluding hydrogens is 400 g/mol. The smallest absolute Gasteiger partial charge is 0.331 e. The lowest BCUT2D eigenvalue weighted by Crippen LogP contribution is -2.68. The van der Waals surface area contributed by atoms with Crippen molar-refractivity contribution in [1.29, 1.82) is 0 Å². The quantitative estimate of drug-likeness (QED) is 0.303. The third-order valence-corrected chi connectivity index (χ3v) is 5.80. The molecule has 2 aliphatic heterocycles. The van der Waals surface area contributed by atoms with Crippen LogP contribution in [-0.2, 0) is 14.3 Å². The summed E-state index contributed by atoms with van der Waals surface area (Å²) in [5.74, 6) is -0.823. The summed E-state index contributed by atoms with van der Waals surface area (Å²) in [6.45, 7) is 3.76. The maximum atomic E-state index is 11.9. The molecule has 8 heteroatoms. The van der Waals surface area contributed by atoms with Gasteiger partial charge in [-0.25, -0.2) is 4.79 Å². The van der Waals surface area contributed by atoms with Crippen molar-refractivity contribution in [2.45, 2.75) is 34.3 Å². The Morgan fingerprint density at radius 1 is 1.59 bits per heavy atom. The number of hydrogen-bond donors (Lipinski definition) is 0. The first-order valence-electron chi connectivity index (χ1n) is 4.84. The summed E-state index contributed by atoms with van der Waals surface area (Å²) < 4.78 is 3.38. The first kappa shape index (κ1) is 14.0. The zero-order valence-corrected chi connectivity index (χ0v) is 13.6. The van der Waals surface area contributed by atoms with Gasteiger partial charge in [-0.05, 0) is 36.4 Å². The highest BCUT2D eigenvalue weighted by atomic mass is 127. The summed E-state index contributed by atoms with van der Waals surface area (Å²) in [6.07, 6.45) is 0. The van der Waals surface area contributed by atoms with E-state index in [9.17, 15) is 9.59 Å². The molecule has 0 aromatic rings. The summed E-state index contributed by atoms with van der Waals surface area (Å²) >= 11 is 15.2. The molecule has 0 aliphatic carbocycles. The number of rotatable bonds is 2. The molecule has 0 bridgehead atoms.